The van der Waals surface area contributed by atoms with Gasteiger partial charge in [-0.15, -0.1) is 0 Å². The van der Waals surface area contributed by atoms with Crippen LogP contribution in [-0.2, 0) is 52.3 Å². The summed E-state index contributed by atoms with van der Waals surface area (Å²) in [6.45, 7) is 12.4. The lowest BCUT2D eigenvalue weighted by molar-refractivity contribution is -0.382. The third-order valence-electron chi connectivity index (χ3n) is 13.7. The number of hydrogen-bond acceptors (Lipinski definition) is 3. The van der Waals surface area contributed by atoms with E-state index < -0.39 is 43.7 Å². The van der Waals surface area contributed by atoms with Crippen molar-refractivity contribution in [1.82, 2.24) is 0 Å². The second kappa shape index (κ2) is 30.7. The molecular weight excluding hydrogens is 980 g/mol. The fraction of sp³-hybridized carbons (Fsp3) is 0.690. The first-order valence-electron chi connectivity index (χ1n) is 27.5. The normalized spacial score (nSPS) is 13.3. The van der Waals surface area contributed by atoms with Crippen molar-refractivity contribution in [2.24, 2.45) is 0 Å². The van der Waals surface area contributed by atoms with Gasteiger partial charge in [0.2, 0.25) is 0 Å². The quantitative estimate of drug-likeness (QED) is 0.0424. The highest BCUT2D eigenvalue weighted by atomic mass is 32.3. The summed E-state index contributed by atoms with van der Waals surface area (Å²) >= 11 is 0. The topological polar surface area (TPSA) is 43.4 Å². The molecule has 0 amide bonds. The van der Waals surface area contributed by atoms with Crippen molar-refractivity contribution in [2.45, 2.75) is 272 Å². The SMILES string of the molecule is CCCCCCc1cc(CCCCCC)c(S(OS(=O)(=O)C(F)(F)C(F)(F)C(F)(F)C(F)(F)F)(c2ccccc2)c2c(CCCCCC)cc(CCCCCC)cc2CCCCCC)c(CCCCCC)c1. The highest BCUT2D eigenvalue weighted by molar-refractivity contribution is 8.33. The number of halogens is 9. The van der Waals surface area contributed by atoms with E-state index in [9.17, 15) is 30.4 Å². The van der Waals surface area contributed by atoms with Crippen LogP contribution in [0, 0.1) is 0 Å². The van der Waals surface area contributed by atoms with Gasteiger partial charge in [-0.05, 0) is 133 Å². The van der Waals surface area contributed by atoms with Gasteiger partial charge in [0.15, 0.2) is 0 Å². The van der Waals surface area contributed by atoms with Crippen molar-refractivity contribution in [2.75, 3.05) is 0 Å². The molecule has 0 aliphatic carbocycles. The average molecular weight is 1070 g/mol. The highest BCUT2D eigenvalue weighted by Gasteiger charge is 2.86. The van der Waals surface area contributed by atoms with E-state index in [1.807, 2.05) is 24.3 Å². The number of benzene rings is 3. The molecule has 0 aliphatic rings. The Kier molecular flexibility index (Phi) is 27.1. The van der Waals surface area contributed by atoms with E-state index in [0.29, 0.717) is 86.5 Å². The van der Waals surface area contributed by atoms with Crippen LogP contribution >= 0.6 is 10.3 Å². The maximum atomic E-state index is 16.7. The lowest BCUT2D eigenvalue weighted by atomic mass is 9.94. The third-order valence-corrected chi connectivity index (χ3v) is 19.3. The van der Waals surface area contributed by atoms with Gasteiger partial charge in [-0.1, -0.05) is 200 Å². The molecule has 3 rings (SSSR count). The number of aryl methyl sites for hydroxylation is 6. The first kappa shape index (κ1) is 63.6. The molecule has 0 fully saturated rings. The Labute approximate surface area is 430 Å². The highest BCUT2D eigenvalue weighted by Crippen LogP contribution is 2.75. The first-order valence-corrected chi connectivity index (χ1v) is 30.5. The Hall–Kier alpha value is -2.71. The van der Waals surface area contributed by atoms with Gasteiger partial charge in [0.05, 0.1) is 0 Å². The minimum Gasteiger partial charge on any atom is -0.202 e. The predicted octanol–water partition coefficient (Wildman–Crippen LogP) is 20.4. The fourth-order valence-electron chi connectivity index (χ4n) is 9.66. The van der Waals surface area contributed by atoms with E-state index in [1.165, 1.54) is 12.1 Å². The monoisotopic (exact) mass is 1070 g/mol. The summed E-state index contributed by atoms with van der Waals surface area (Å²) < 4.78 is 172. The van der Waals surface area contributed by atoms with Crippen LogP contribution in [-0.4, -0.2) is 31.7 Å². The molecule has 3 aromatic rings. The van der Waals surface area contributed by atoms with Crippen LogP contribution in [0.25, 0.3) is 0 Å². The summed E-state index contributed by atoms with van der Waals surface area (Å²) in [5.74, 6) is -14.9. The van der Waals surface area contributed by atoms with Crippen molar-refractivity contribution in [1.29, 1.82) is 0 Å². The minimum absolute atomic E-state index is 0.0379. The van der Waals surface area contributed by atoms with Gasteiger partial charge in [0.25, 0.3) is 0 Å². The maximum Gasteiger partial charge on any atom is 0.460 e. The Morgan fingerprint density at radius 1 is 0.389 bits per heavy atom. The number of rotatable bonds is 38. The van der Waals surface area contributed by atoms with Crippen LogP contribution in [0.2, 0.25) is 0 Å². The Balaban J connectivity index is 2.85. The van der Waals surface area contributed by atoms with Gasteiger partial charge in [0, 0.05) is 14.7 Å². The van der Waals surface area contributed by atoms with E-state index in [1.54, 1.807) is 18.2 Å². The van der Waals surface area contributed by atoms with Crippen molar-refractivity contribution in [3.05, 3.63) is 88.0 Å². The van der Waals surface area contributed by atoms with Crippen LogP contribution in [0.5, 0.6) is 0 Å². The molecule has 3 nitrogen and oxygen atoms in total. The van der Waals surface area contributed by atoms with E-state index >= 15 is 17.6 Å². The summed E-state index contributed by atoms with van der Waals surface area (Å²) in [6, 6.07) is 15.6. The standard InChI is InChI=1S/C58H87F9O3S2/c1-7-13-19-26-34-46-42-48(36-28-21-15-9-3)53(49(43-46)37-29-22-16-10-4)71(52-40-32-25-33-41-52,70-72(68,69)58(66,67)56(61,62)55(59,60)57(63,64)65)54-50(38-30-23-17-11-5)44-47(35-27-20-14-8-2)45-51(54)39-31-24-18-12-6/h25,32-33,40-45H,7-24,26-31,34-39H2,1-6H3. The Morgan fingerprint density at radius 3 is 0.958 bits per heavy atom. The average Bonchev–Trinajstić information content (AvgIpc) is 3.34. The fourth-order valence-corrected chi connectivity index (χ4v) is 15.7. The summed E-state index contributed by atoms with van der Waals surface area (Å²) in [7, 11) is -11.8. The lowest BCUT2D eigenvalue weighted by Gasteiger charge is -2.45. The van der Waals surface area contributed by atoms with Crippen LogP contribution in [0.1, 0.15) is 229 Å². The van der Waals surface area contributed by atoms with Gasteiger partial charge >= 0.3 is 33.4 Å². The molecular formula is C58H87F9O3S2. The zero-order valence-corrected chi connectivity index (χ0v) is 46.0. The molecule has 0 bridgehead atoms. The summed E-state index contributed by atoms with van der Waals surface area (Å²) in [4.78, 5) is 0.491. The molecule has 0 atom stereocenters. The molecule has 72 heavy (non-hydrogen) atoms. The molecule has 0 spiro atoms. The molecule has 0 saturated heterocycles. The zero-order valence-electron chi connectivity index (χ0n) is 44.4. The van der Waals surface area contributed by atoms with Crippen molar-refractivity contribution in [3.63, 3.8) is 0 Å². The molecule has 0 aliphatic heterocycles. The molecule has 0 aromatic heterocycles. The number of unbranched alkanes of at least 4 members (excludes halogenated alkanes) is 18. The maximum absolute atomic E-state index is 16.7. The molecule has 14 heteroatoms. The van der Waals surface area contributed by atoms with Crippen molar-refractivity contribution >= 4 is 20.4 Å². The van der Waals surface area contributed by atoms with Gasteiger partial charge in [-0.25, -0.2) is 3.63 Å². The smallest absolute Gasteiger partial charge is 0.202 e. The zero-order chi connectivity index (χ0) is 53.5. The van der Waals surface area contributed by atoms with Gasteiger partial charge in [0.1, 0.15) is 0 Å². The molecule has 0 radical (unpaired) electrons. The summed E-state index contributed by atoms with van der Waals surface area (Å²) in [5, 5.41) is -7.07. The van der Waals surface area contributed by atoms with Gasteiger partial charge in [-0.2, -0.15) is 47.9 Å². The van der Waals surface area contributed by atoms with E-state index in [-0.39, 0.29) is 14.7 Å². The van der Waals surface area contributed by atoms with Crippen LogP contribution in [0.3, 0.4) is 0 Å². The summed E-state index contributed by atoms with van der Waals surface area (Å²) in [5.41, 5.74) is 4.16. The van der Waals surface area contributed by atoms with E-state index in [0.717, 1.165) is 140 Å². The number of hydrogen-bond donors (Lipinski definition) is 0. The molecule has 0 N–H and O–H groups in total. The van der Waals surface area contributed by atoms with Crippen LogP contribution < -0.4 is 0 Å². The minimum atomic E-state index is -7.48. The van der Waals surface area contributed by atoms with Crippen LogP contribution in [0.4, 0.5) is 39.5 Å². The Morgan fingerprint density at radius 2 is 0.681 bits per heavy atom. The molecule has 0 saturated carbocycles. The number of alkyl halides is 9. The van der Waals surface area contributed by atoms with Crippen molar-refractivity contribution < 1.29 is 51.6 Å². The predicted molar refractivity (Wildman–Crippen MR) is 280 cm³/mol. The largest absolute Gasteiger partial charge is 0.460 e. The molecule has 0 heterocycles. The molecule has 412 valence electrons. The second-order valence-corrected chi connectivity index (χ2v) is 24.3. The molecule has 3 aromatic carbocycles. The first-order chi connectivity index (χ1) is 34.2. The Bertz CT molecular complexity index is 1970. The third kappa shape index (κ3) is 16.6. The van der Waals surface area contributed by atoms with Crippen LogP contribution in [0.15, 0.2) is 69.3 Å². The van der Waals surface area contributed by atoms with Gasteiger partial charge < -0.3 is 0 Å². The van der Waals surface area contributed by atoms with E-state index in [4.69, 9.17) is 3.63 Å². The second-order valence-electron chi connectivity index (χ2n) is 19.9. The van der Waals surface area contributed by atoms with Crippen molar-refractivity contribution in [3.8, 4) is 0 Å². The lowest BCUT2D eigenvalue weighted by Crippen LogP contribution is -2.63. The van der Waals surface area contributed by atoms with Gasteiger partial charge in [-0.3, -0.25) is 0 Å². The van der Waals surface area contributed by atoms with E-state index in [2.05, 4.69) is 41.5 Å². The molecule has 0 unspecified atom stereocenters. The summed E-state index contributed by atoms with van der Waals surface area (Å²) in [6.07, 6.45) is 15.2.